The van der Waals surface area contributed by atoms with Crippen LogP contribution in [0.25, 0.3) is 0 Å². The van der Waals surface area contributed by atoms with Crippen molar-refractivity contribution in [3.63, 3.8) is 0 Å². The summed E-state index contributed by atoms with van der Waals surface area (Å²) in [4.78, 5) is 2.23. The summed E-state index contributed by atoms with van der Waals surface area (Å²) in [5, 5.41) is 3.34. The van der Waals surface area contributed by atoms with Crippen molar-refractivity contribution in [3.8, 4) is 0 Å². The van der Waals surface area contributed by atoms with Crippen LogP contribution in [-0.4, -0.2) is 35.3 Å². The highest BCUT2D eigenvalue weighted by Crippen LogP contribution is 2.30. The number of anilines is 1. The standard InChI is InChI=1S/C15H23FN2OS/c1-4-17-12(3)13-10-14(16)11(2)9-15(13)18-5-7-20(19)8-6-18/h9-10,12,17H,4-8H2,1-3H3. The lowest BCUT2D eigenvalue weighted by molar-refractivity contribution is 0.577. The Hall–Kier alpha value is -0.940. The van der Waals surface area contributed by atoms with Crippen molar-refractivity contribution in [2.24, 2.45) is 0 Å². The average molecular weight is 298 g/mol. The maximum atomic E-state index is 13.9. The number of hydrogen-bond acceptors (Lipinski definition) is 3. The lowest BCUT2D eigenvalue weighted by Crippen LogP contribution is -2.38. The summed E-state index contributed by atoms with van der Waals surface area (Å²) in [5.41, 5.74) is 2.73. The van der Waals surface area contributed by atoms with Crippen LogP contribution >= 0.6 is 0 Å². The zero-order valence-corrected chi connectivity index (χ0v) is 13.2. The lowest BCUT2D eigenvalue weighted by Gasteiger charge is -2.32. The van der Waals surface area contributed by atoms with Crippen molar-refractivity contribution >= 4 is 16.5 Å². The second kappa shape index (κ2) is 6.68. The molecular weight excluding hydrogens is 275 g/mol. The third kappa shape index (κ3) is 3.38. The van der Waals surface area contributed by atoms with Gasteiger partial charge in [-0.1, -0.05) is 6.92 Å². The van der Waals surface area contributed by atoms with Crippen LogP contribution in [-0.2, 0) is 10.8 Å². The molecule has 0 spiro atoms. The molecule has 2 rings (SSSR count). The molecule has 1 saturated heterocycles. The molecule has 0 aliphatic carbocycles. The number of aryl methyl sites for hydroxylation is 1. The molecule has 3 nitrogen and oxygen atoms in total. The normalized spacial score (nSPS) is 18.3. The van der Waals surface area contributed by atoms with Gasteiger partial charge in [0.25, 0.3) is 0 Å². The van der Waals surface area contributed by atoms with Gasteiger partial charge in [0, 0.05) is 47.1 Å². The van der Waals surface area contributed by atoms with Gasteiger partial charge in [-0.25, -0.2) is 4.39 Å². The van der Waals surface area contributed by atoms with Gasteiger partial charge >= 0.3 is 0 Å². The van der Waals surface area contributed by atoms with Crippen molar-refractivity contribution in [2.75, 3.05) is 36.0 Å². The van der Waals surface area contributed by atoms with Gasteiger partial charge < -0.3 is 10.2 Å². The number of nitrogens with one attached hydrogen (secondary N) is 1. The molecule has 0 bridgehead atoms. The van der Waals surface area contributed by atoms with Gasteiger partial charge in [-0.2, -0.15) is 0 Å². The first-order valence-electron chi connectivity index (χ1n) is 7.16. The van der Waals surface area contributed by atoms with Crippen molar-refractivity contribution in [1.82, 2.24) is 5.32 Å². The third-order valence-corrected chi connectivity index (χ3v) is 5.08. The molecule has 0 saturated carbocycles. The first kappa shape index (κ1) is 15.4. The van der Waals surface area contributed by atoms with E-state index in [1.54, 1.807) is 13.0 Å². The molecule has 1 aromatic carbocycles. The molecule has 1 fully saturated rings. The van der Waals surface area contributed by atoms with Crippen LogP contribution in [0.4, 0.5) is 10.1 Å². The minimum absolute atomic E-state index is 0.109. The van der Waals surface area contributed by atoms with Crippen molar-refractivity contribution in [1.29, 1.82) is 0 Å². The van der Waals surface area contributed by atoms with E-state index in [1.165, 1.54) is 0 Å². The Kier molecular flexibility index (Phi) is 5.16. The van der Waals surface area contributed by atoms with Crippen LogP contribution in [0.5, 0.6) is 0 Å². The van der Waals surface area contributed by atoms with Crippen LogP contribution in [0.15, 0.2) is 12.1 Å². The topological polar surface area (TPSA) is 32.3 Å². The molecule has 5 heteroatoms. The van der Waals surface area contributed by atoms with Gasteiger partial charge in [0.2, 0.25) is 0 Å². The summed E-state index contributed by atoms with van der Waals surface area (Å²) >= 11 is 0. The molecule has 0 radical (unpaired) electrons. The van der Waals surface area contributed by atoms with Crippen LogP contribution in [0.2, 0.25) is 0 Å². The Bertz CT molecular complexity index is 497. The summed E-state index contributed by atoms with van der Waals surface area (Å²) in [7, 11) is -0.696. The Morgan fingerprint density at radius 1 is 1.40 bits per heavy atom. The summed E-state index contributed by atoms with van der Waals surface area (Å²) in [6.07, 6.45) is 0. The van der Waals surface area contributed by atoms with E-state index < -0.39 is 10.8 Å². The molecular formula is C15H23FN2OS. The largest absolute Gasteiger partial charge is 0.369 e. The van der Waals surface area contributed by atoms with Gasteiger partial charge in [0.1, 0.15) is 5.82 Å². The van der Waals surface area contributed by atoms with Crippen molar-refractivity contribution in [2.45, 2.75) is 26.8 Å². The molecule has 1 aromatic rings. The second-order valence-corrected chi connectivity index (χ2v) is 6.97. The number of rotatable bonds is 4. The molecule has 1 aliphatic rings. The highest BCUT2D eigenvalue weighted by Gasteiger charge is 2.21. The minimum Gasteiger partial charge on any atom is -0.369 e. The van der Waals surface area contributed by atoms with E-state index in [0.29, 0.717) is 17.1 Å². The van der Waals surface area contributed by atoms with Crippen LogP contribution in [0, 0.1) is 12.7 Å². The van der Waals surface area contributed by atoms with Crippen molar-refractivity contribution < 1.29 is 8.60 Å². The van der Waals surface area contributed by atoms with Gasteiger partial charge in [-0.05, 0) is 43.7 Å². The van der Waals surface area contributed by atoms with E-state index in [2.05, 4.69) is 17.1 Å². The number of nitrogens with zero attached hydrogens (tertiary/aromatic N) is 1. The number of hydrogen-bond donors (Lipinski definition) is 1. The van der Waals surface area contributed by atoms with E-state index in [1.807, 2.05) is 13.0 Å². The summed E-state index contributed by atoms with van der Waals surface area (Å²) in [5.74, 6) is 1.24. The lowest BCUT2D eigenvalue weighted by atomic mass is 10.0. The third-order valence-electron chi connectivity index (χ3n) is 3.80. The predicted octanol–water partition coefficient (Wildman–Crippen LogP) is 2.37. The Morgan fingerprint density at radius 3 is 2.65 bits per heavy atom. The van der Waals surface area contributed by atoms with Crippen molar-refractivity contribution in [3.05, 3.63) is 29.1 Å². The maximum Gasteiger partial charge on any atom is 0.126 e. The predicted molar refractivity (Wildman–Crippen MR) is 83.3 cm³/mol. The van der Waals surface area contributed by atoms with Gasteiger partial charge in [-0.3, -0.25) is 4.21 Å². The van der Waals surface area contributed by atoms with Crippen LogP contribution in [0.3, 0.4) is 0 Å². The van der Waals surface area contributed by atoms with E-state index in [0.717, 1.165) is 30.9 Å². The molecule has 1 atom stereocenters. The fourth-order valence-electron chi connectivity index (χ4n) is 2.60. The SMILES string of the molecule is CCNC(C)c1cc(F)c(C)cc1N1CCS(=O)CC1. The van der Waals surface area contributed by atoms with Gasteiger partial charge in [0.15, 0.2) is 0 Å². The maximum absolute atomic E-state index is 13.9. The second-order valence-electron chi connectivity index (χ2n) is 5.27. The monoisotopic (exact) mass is 298 g/mol. The summed E-state index contributed by atoms with van der Waals surface area (Å²) in [6.45, 7) is 8.31. The fourth-order valence-corrected chi connectivity index (χ4v) is 3.65. The smallest absolute Gasteiger partial charge is 0.126 e. The highest BCUT2D eigenvalue weighted by molar-refractivity contribution is 7.85. The zero-order valence-electron chi connectivity index (χ0n) is 12.4. The molecule has 1 unspecified atom stereocenters. The Labute approximate surface area is 123 Å². The fraction of sp³-hybridized carbons (Fsp3) is 0.600. The molecule has 1 heterocycles. The summed E-state index contributed by atoms with van der Waals surface area (Å²) in [6, 6.07) is 3.67. The van der Waals surface area contributed by atoms with E-state index in [-0.39, 0.29) is 11.9 Å². The van der Waals surface area contributed by atoms with E-state index in [9.17, 15) is 8.60 Å². The molecule has 1 aliphatic heterocycles. The zero-order chi connectivity index (χ0) is 14.7. The quantitative estimate of drug-likeness (QED) is 0.926. The average Bonchev–Trinajstić information content (AvgIpc) is 2.42. The number of benzene rings is 1. The Morgan fingerprint density at radius 2 is 2.05 bits per heavy atom. The molecule has 20 heavy (non-hydrogen) atoms. The van der Waals surface area contributed by atoms with Gasteiger partial charge in [0.05, 0.1) is 0 Å². The molecule has 1 N–H and O–H groups in total. The molecule has 112 valence electrons. The highest BCUT2D eigenvalue weighted by atomic mass is 32.2. The number of halogens is 1. The van der Waals surface area contributed by atoms with Crippen LogP contribution < -0.4 is 10.2 Å². The van der Waals surface area contributed by atoms with Crippen LogP contribution in [0.1, 0.15) is 31.0 Å². The first-order chi connectivity index (χ1) is 9.52. The Balaban J connectivity index is 2.34. The minimum atomic E-state index is -0.696. The van der Waals surface area contributed by atoms with E-state index >= 15 is 0 Å². The van der Waals surface area contributed by atoms with Gasteiger partial charge in [-0.15, -0.1) is 0 Å². The summed E-state index contributed by atoms with van der Waals surface area (Å²) < 4.78 is 25.4. The molecule has 0 amide bonds. The first-order valence-corrected chi connectivity index (χ1v) is 8.65. The van der Waals surface area contributed by atoms with E-state index in [4.69, 9.17) is 0 Å². The molecule has 0 aromatic heterocycles.